The lowest BCUT2D eigenvalue weighted by atomic mass is 9.76. The van der Waals surface area contributed by atoms with Crippen LogP contribution in [0.3, 0.4) is 0 Å². The van der Waals surface area contributed by atoms with Crippen molar-refractivity contribution >= 4 is 17.7 Å². The Labute approximate surface area is 177 Å². The zero-order valence-electron chi connectivity index (χ0n) is 17.9. The summed E-state index contributed by atoms with van der Waals surface area (Å²) in [6.07, 6.45) is 2.91. The van der Waals surface area contributed by atoms with Crippen LogP contribution in [-0.2, 0) is 15.1 Å². The van der Waals surface area contributed by atoms with E-state index in [1.165, 1.54) is 12.7 Å². The van der Waals surface area contributed by atoms with Crippen molar-refractivity contribution in [2.24, 2.45) is 11.3 Å². The maximum absolute atomic E-state index is 12.7. The summed E-state index contributed by atoms with van der Waals surface area (Å²) in [7, 11) is 1.38. The Morgan fingerprint density at radius 2 is 1.87 bits per heavy atom. The summed E-state index contributed by atoms with van der Waals surface area (Å²) in [5.74, 6) is 0.0980. The van der Waals surface area contributed by atoms with Gasteiger partial charge in [-0.2, -0.15) is 0 Å². The lowest BCUT2D eigenvalue weighted by Crippen LogP contribution is -2.52. The number of ether oxygens (including phenoxy) is 1. The minimum Gasteiger partial charge on any atom is -0.507 e. The minimum atomic E-state index is -1.81. The third-order valence-corrected chi connectivity index (χ3v) is 6.54. The quantitative estimate of drug-likeness (QED) is 0.703. The number of phenolic OH excluding ortho intramolecular Hbond substituents is 1. The van der Waals surface area contributed by atoms with E-state index in [1.807, 2.05) is 12.1 Å². The predicted molar refractivity (Wildman–Crippen MR) is 117 cm³/mol. The standard InChI is InChI=1S/C25H29NO4/c1-15-12-18(24(2,3)14-15)13-16-10-11-19-20(21(16)27)25(29,17-8-6-5-7-9-17)22(30-4)23(28)26-19/h5-11,13,15,22,27,29H,12,14H2,1-4H3,(H,26,28)/b18-13+. The molecule has 5 nitrogen and oxygen atoms in total. The molecule has 1 fully saturated rings. The molecule has 1 heterocycles. The Morgan fingerprint density at radius 1 is 1.17 bits per heavy atom. The Hall–Kier alpha value is -2.63. The van der Waals surface area contributed by atoms with Gasteiger partial charge in [-0.3, -0.25) is 4.79 Å². The molecule has 2 aliphatic rings. The highest BCUT2D eigenvalue weighted by atomic mass is 16.5. The molecule has 0 spiro atoms. The fourth-order valence-corrected chi connectivity index (χ4v) is 5.17. The van der Waals surface area contributed by atoms with Crippen molar-refractivity contribution in [1.29, 1.82) is 0 Å². The second kappa shape index (κ2) is 7.25. The molecular weight excluding hydrogens is 378 g/mol. The fraction of sp³-hybridized carbons (Fsp3) is 0.400. The molecule has 2 aromatic rings. The molecule has 3 unspecified atom stereocenters. The summed E-state index contributed by atoms with van der Waals surface area (Å²) in [4.78, 5) is 12.7. The smallest absolute Gasteiger partial charge is 0.257 e. The fourth-order valence-electron chi connectivity index (χ4n) is 5.17. The highest BCUT2D eigenvalue weighted by molar-refractivity contribution is 6.00. The van der Waals surface area contributed by atoms with E-state index < -0.39 is 17.6 Å². The number of phenols is 1. The molecule has 30 heavy (non-hydrogen) atoms. The van der Waals surface area contributed by atoms with Crippen molar-refractivity contribution in [2.45, 2.75) is 45.3 Å². The summed E-state index contributed by atoms with van der Waals surface area (Å²) < 4.78 is 5.42. The number of rotatable bonds is 3. The third kappa shape index (κ3) is 3.13. The Bertz CT molecular complexity index is 1010. The zero-order chi connectivity index (χ0) is 21.7. The van der Waals surface area contributed by atoms with Crippen LogP contribution < -0.4 is 5.32 Å². The number of aliphatic hydroxyl groups is 1. The molecule has 3 atom stereocenters. The summed E-state index contributed by atoms with van der Waals surface area (Å²) >= 11 is 0. The summed E-state index contributed by atoms with van der Waals surface area (Å²) in [5.41, 5.74) is 1.29. The molecule has 0 saturated heterocycles. The van der Waals surface area contributed by atoms with E-state index in [0.29, 0.717) is 22.7 Å². The lowest BCUT2D eigenvalue weighted by Gasteiger charge is -2.40. The minimum absolute atomic E-state index is 0.0382. The molecule has 1 aliphatic heterocycles. The first-order valence-corrected chi connectivity index (χ1v) is 10.4. The second-order valence-electron chi connectivity index (χ2n) is 9.23. The molecule has 1 saturated carbocycles. The number of methoxy groups -OCH3 is 1. The van der Waals surface area contributed by atoms with Gasteiger partial charge in [-0.05, 0) is 41.9 Å². The van der Waals surface area contributed by atoms with Gasteiger partial charge in [0.25, 0.3) is 5.91 Å². The van der Waals surface area contributed by atoms with E-state index in [-0.39, 0.29) is 16.7 Å². The van der Waals surface area contributed by atoms with Gasteiger partial charge in [-0.25, -0.2) is 0 Å². The van der Waals surface area contributed by atoms with Gasteiger partial charge in [0, 0.05) is 12.7 Å². The van der Waals surface area contributed by atoms with E-state index in [4.69, 9.17) is 4.74 Å². The molecule has 4 rings (SSSR count). The number of allylic oxidation sites excluding steroid dienone is 1. The van der Waals surface area contributed by atoms with Crippen LogP contribution in [0.15, 0.2) is 48.0 Å². The van der Waals surface area contributed by atoms with Crippen LogP contribution >= 0.6 is 0 Å². The lowest BCUT2D eigenvalue weighted by molar-refractivity contribution is -0.142. The predicted octanol–water partition coefficient (Wildman–Crippen LogP) is 4.43. The van der Waals surface area contributed by atoms with Crippen LogP contribution in [0.1, 0.15) is 50.3 Å². The van der Waals surface area contributed by atoms with Crippen molar-refractivity contribution < 1.29 is 19.7 Å². The molecule has 158 valence electrons. The van der Waals surface area contributed by atoms with Gasteiger partial charge in [-0.1, -0.05) is 62.8 Å². The first-order chi connectivity index (χ1) is 14.2. The summed E-state index contributed by atoms with van der Waals surface area (Å²) in [6.45, 7) is 6.68. The van der Waals surface area contributed by atoms with Crippen LogP contribution in [0.2, 0.25) is 0 Å². The Kier molecular flexibility index (Phi) is 4.99. The van der Waals surface area contributed by atoms with E-state index in [1.54, 1.807) is 36.4 Å². The van der Waals surface area contributed by atoms with Crippen LogP contribution in [0.25, 0.3) is 6.08 Å². The topological polar surface area (TPSA) is 78.8 Å². The zero-order valence-corrected chi connectivity index (χ0v) is 17.9. The normalized spacial score (nSPS) is 29.0. The second-order valence-corrected chi connectivity index (χ2v) is 9.23. The molecule has 2 aromatic carbocycles. The van der Waals surface area contributed by atoms with Gasteiger partial charge in [0.2, 0.25) is 0 Å². The molecule has 1 aliphatic carbocycles. The molecule has 0 bridgehead atoms. The van der Waals surface area contributed by atoms with Crippen molar-refractivity contribution in [1.82, 2.24) is 0 Å². The first kappa shape index (κ1) is 20.6. The van der Waals surface area contributed by atoms with E-state index in [9.17, 15) is 15.0 Å². The number of hydrogen-bond acceptors (Lipinski definition) is 4. The SMILES string of the molecule is COC1C(=O)Nc2ccc(/C=C3\CC(C)CC3(C)C)c(O)c2C1(O)c1ccccc1. The number of amides is 1. The Balaban J connectivity index is 1.93. The average Bonchev–Trinajstić information content (AvgIpc) is 2.95. The molecule has 5 heteroatoms. The highest BCUT2D eigenvalue weighted by Gasteiger charge is 2.51. The molecule has 3 N–H and O–H groups in total. The average molecular weight is 408 g/mol. The van der Waals surface area contributed by atoms with Gasteiger partial charge in [0.1, 0.15) is 5.75 Å². The van der Waals surface area contributed by atoms with Gasteiger partial charge in [-0.15, -0.1) is 0 Å². The highest BCUT2D eigenvalue weighted by Crippen LogP contribution is 2.50. The third-order valence-electron chi connectivity index (χ3n) is 6.54. The van der Waals surface area contributed by atoms with Crippen molar-refractivity contribution in [3.8, 4) is 5.75 Å². The van der Waals surface area contributed by atoms with Crippen molar-refractivity contribution in [3.05, 3.63) is 64.7 Å². The summed E-state index contributed by atoms with van der Waals surface area (Å²) in [5, 5.41) is 26.0. The number of carbonyl (C=O) groups excluding carboxylic acids is 1. The van der Waals surface area contributed by atoms with Gasteiger partial charge >= 0.3 is 0 Å². The molecule has 0 aromatic heterocycles. The van der Waals surface area contributed by atoms with Crippen molar-refractivity contribution in [3.63, 3.8) is 0 Å². The number of aromatic hydroxyl groups is 1. The first-order valence-electron chi connectivity index (χ1n) is 10.4. The largest absolute Gasteiger partial charge is 0.507 e. The molecule has 1 amide bonds. The van der Waals surface area contributed by atoms with Gasteiger partial charge in [0.15, 0.2) is 11.7 Å². The van der Waals surface area contributed by atoms with E-state index in [0.717, 1.165) is 12.8 Å². The number of hydrogen-bond donors (Lipinski definition) is 3. The van der Waals surface area contributed by atoms with Gasteiger partial charge < -0.3 is 20.3 Å². The van der Waals surface area contributed by atoms with E-state index in [2.05, 4.69) is 26.1 Å². The number of nitrogens with one attached hydrogen (secondary N) is 1. The number of anilines is 1. The monoisotopic (exact) mass is 407 g/mol. The molecule has 0 radical (unpaired) electrons. The number of fused-ring (bicyclic) bond motifs is 1. The van der Waals surface area contributed by atoms with Crippen LogP contribution in [-0.4, -0.2) is 29.3 Å². The number of benzene rings is 2. The van der Waals surface area contributed by atoms with E-state index >= 15 is 0 Å². The van der Waals surface area contributed by atoms with Gasteiger partial charge in [0.05, 0.1) is 11.3 Å². The van der Waals surface area contributed by atoms with Crippen LogP contribution in [0.4, 0.5) is 5.69 Å². The maximum Gasteiger partial charge on any atom is 0.257 e. The maximum atomic E-state index is 12.7. The van der Waals surface area contributed by atoms with Crippen molar-refractivity contribution in [2.75, 3.05) is 12.4 Å². The molecular formula is C25H29NO4. The van der Waals surface area contributed by atoms with Crippen LogP contribution in [0.5, 0.6) is 5.75 Å². The Morgan fingerprint density at radius 3 is 2.47 bits per heavy atom. The number of carbonyl (C=O) groups is 1. The summed E-state index contributed by atoms with van der Waals surface area (Å²) in [6, 6.07) is 12.4. The van der Waals surface area contributed by atoms with Crippen LogP contribution in [0, 0.1) is 11.3 Å².